The van der Waals surface area contributed by atoms with Crippen LogP contribution in [0.2, 0.25) is 0 Å². The van der Waals surface area contributed by atoms with Crippen molar-refractivity contribution in [2.75, 3.05) is 6.54 Å². The zero-order valence-corrected chi connectivity index (χ0v) is 12.2. The highest BCUT2D eigenvalue weighted by Crippen LogP contribution is 2.13. The minimum atomic E-state index is -0.407. The monoisotopic (exact) mass is 283 g/mol. The molecule has 0 bridgehead atoms. The van der Waals surface area contributed by atoms with Crippen molar-refractivity contribution in [1.82, 2.24) is 10.6 Å². The Kier molecular flexibility index (Phi) is 6.52. The first-order valence-electron chi connectivity index (χ1n) is 6.40. The molecule has 2 amide bonds. The van der Waals surface area contributed by atoms with E-state index in [0.29, 0.717) is 25.1 Å². The van der Waals surface area contributed by atoms with Crippen molar-refractivity contribution in [3.8, 4) is 0 Å². The quantitative estimate of drug-likeness (QED) is 0.628. The van der Waals surface area contributed by atoms with E-state index in [1.807, 2.05) is 13.8 Å². The van der Waals surface area contributed by atoms with Gasteiger partial charge in [0.1, 0.15) is 0 Å². The standard InChI is InChI=1S/C13H21N3O2S/c1-3-9(2)16-12(17)4-5-15-7-11-6-10(8-19-11)13(14)18/h6,8-9,15H,3-5,7H2,1-2H3,(H2,14,18)(H,16,17). The number of hydrogen-bond donors (Lipinski definition) is 3. The number of carbonyl (C=O) groups excluding carboxylic acids is 2. The second-order valence-corrected chi connectivity index (χ2v) is 5.47. The van der Waals surface area contributed by atoms with Gasteiger partial charge >= 0.3 is 0 Å². The van der Waals surface area contributed by atoms with Gasteiger partial charge in [0.05, 0.1) is 5.56 Å². The molecule has 1 aromatic rings. The largest absolute Gasteiger partial charge is 0.366 e. The molecular formula is C13H21N3O2S. The van der Waals surface area contributed by atoms with Crippen LogP contribution >= 0.6 is 11.3 Å². The molecule has 19 heavy (non-hydrogen) atoms. The Morgan fingerprint density at radius 2 is 2.21 bits per heavy atom. The molecule has 0 aliphatic rings. The van der Waals surface area contributed by atoms with Gasteiger partial charge < -0.3 is 16.4 Å². The zero-order chi connectivity index (χ0) is 14.3. The van der Waals surface area contributed by atoms with Crippen molar-refractivity contribution < 1.29 is 9.59 Å². The van der Waals surface area contributed by atoms with Crippen LogP contribution in [0.25, 0.3) is 0 Å². The number of amides is 2. The van der Waals surface area contributed by atoms with Gasteiger partial charge in [0.2, 0.25) is 11.8 Å². The second kappa shape index (κ2) is 7.91. The third kappa shape index (κ3) is 5.85. The third-order valence-corrected chi connectivity index (χ3v) is 3.72. The molecule has 4 N–H and O–H groups in total. The first-order valence-corrected chi connectivity index (χ1v) is 7.28. The molecule has 0 saturated heterocycles. The van der Waals surface area contributed by atoms with Gasteiger partial charge in [0.15, 0.2) is 0 Å². The van der Waals surface area contributed by atoms with Crippen molar-refractivity contribution in [2.24, 2.45) is 5.73 Å². The molecule has 1 atom stereocenters. The fraction of sp³-hybridized carbons (Fsp3) is 0.538. The molecule has 0 spiro atoms. The van der Waals surface area contributed by atoms with Crippen molar-refractivity contribution in [3.63, 3.8) is 0 Å². The van der Waals surface area contributed by atoms with Gasteiger partial charge in [0.25, 0.3) is 0 Å². The van der Waals surface area contributed by atoms with E-state index in [0.717, 1.165) is 11.3 Å². The number of carbonyl (C=O) groups is 2. The van der Waals surface area contributed by atoms with E-state index in [1.54, 1.807) is 11.4 Å². The molecule has 0 fully saturated rings. The predicted molar refractivity (Wildman–Crippen MR) is 77.1 cm³/mol. The Bertz CT molecular complexity index is 431. The predicted octanol–water partition coefficient (Wildman–Crippen LogP) is 1.24. The van der Waals surface area contributed by atoms with E-state index in [-0.39, 0.29) is 11.9 Å². The summed E-state index contributed by atoms with van der Waals surface area (Å²) in [6.45, 7) is 5.29. The fourth-order valence-electron chi connectivity index (χ4n) is 1.47. The van der Waals surface area contributed by atoms with Crippen molar-refractivity contribution >= 4 is 23.2 Å². The molecule has 1 aromatic heterocycles. The van der Waals surface area contributed by atoms with Crippen LogP contribution in [0.3, 0.4) is 0 Å². The van der Waals surface area contributed by atoms with Gasteiger partial charge in [-0.25, -0.2) is 0 Å². The zero-order valence-electron chi connectivity index (χ0n) is 11.4. The van der Waals surface area contributed by atoms with Crippen molar-refractivity contribution in [1.29, 1.82) is 0 Å². The van der Waals surface area contributed by atoms with Gasteiger partial charge in [-0.05, 0) is 19.4 Å². The first-order chi connectivity index (χ1) is 9.02. The molecule has 6 heteroatoms. The van der Waals surface area contributed by atoms with Crippen LogP contribution in [0.5, 0.6) is 0 Å². The van der Waals surface area contributed by atoms with Crippen LogP contribution in [0.15, 0.2) is 11.4 Å². The second-order valence-electron chi connectivity index (χ2n) is 4.47. The molecule has 0 saturated carbocycles. The number of nitrogens with one attached hydrogen (secondary N) is 2. The van der Waals surface area contributed by atoms with E-state index in [1.165, 1.54) is 11.3 Å². The Morgan fingerprint density at radius 3 is 2.79 bits per heavy atom. The normalized spacial score (nSPS) is 12.1. The Morgan fingerprint density at radius 1 is 1.47 bits per heavy atom. The molecule has 1 unspecified atom stereocenters. The minimum Gasteiger partial charge on any atom is -0.366 e. The summed E-state index contributed by atoms with van der Waals surface area (Å²) in [5.41, 5.74) is 5.71. The lowest BCUT2D eigenvalue weighted by atomic mass is 10.2. The molecule has 0 aliphatic heterocycles. The van der Waals surface area contributed by atoms with Crippen LogP contribution < -0.4 is 16.4 Å². The molecule has 0 aromatic carbocycles. The summed E-state index contributed by atoms with van der Waals surface area (Å²) in [5.74, 6) is -0.346. The van der Waals surface area contributed by atoms with Crippen LogP contribution in [0, 0.1) is 0 Å². The summed E-state index contributed by atoms with van der Waals surface area (Å²) in [6, 6.07) is 2.00. The van der Waals surface area contributed by atoms with E-state index in [9.17, 15) is 9.59 Å². The number of hydrogen-bond acceptors (Lipinski definition) is 4. The van der Waals surface area contributed by atoms with Gasteiger partial charge in [-0.3, -0.25) is 9.59 Å². The van der Waals surface area contributed by atoms with E-state index < -0.39 is 5.91 Å². The molecule has 106 valence electrons. The van der Waals surface area contributed by atoms with Crippen molar-refractivity contribution in [2.45, 2.75) is 39.3 Å². The third-order valence-electron chi connectivity index (χ3n) is 2.79. The maximum Gasteiger partial charge on any atom is 0.249 e. The summed E-state index contributed by atoms with van der Waals surface area (Å²) in [4.78, 5) is 23.5. The summed E-state index contributed by atoms with van der Waals surface area (Å²) in [6.07, 6.45) is 1.39. The highest BCUT2D eigenvalue weighted by Gasteiger charge is 2.06. The Balaban J connectivity index is 2.19. The highest BCUT2D eigenvalue weighted by atomic mass is 32.1. The summed E-state index contributed by atoms with van der Waals surface area (Å²) >= 11 is 1.49. The van der Waals surface area contributed by atoms with Gasteiger partial charge in [-0.15, -0.1) is 11.3 Å². The lowest BCUT2D eigenvalue weighted by Gasteiger charge is -2.11. The Hall–Kier alpha value is -1.40. The summed E-state index contributed by atoms with van der Waals surface area (Å²) in [7, 11) is 0. The summed E-state index contributed by atoms with van der Waals surface area (Å²) < 4.78 is 0. The highest BCUT2D eigenvalue weighted by molar-refractivity contribution is 7.10. The maximum atomic E-state index is 11.5. The number of thiophene rings is 1. The van der Waals surface area contributed by atoms with Crippen LogP contribution in [-0.2, 0) is 11.3 Å². The average Bonchev–Trinajstić information content (AvgIpc) is 2.83. The number of primary amides is 1. The Labute approximate surface area is 117 Å². The number of nitrogens with two attached hydrogens (primary N) is 1. The van der Waals surface area contributed by atoms with Gasteiger partial charge in [0, 0.05) is 35.8 Å². The molecule has 5 nitrogen and oxygen atoms in total. The minimum absolute atomic E-state index is 0.0610. The number of rotatable bonds is 8. The average molecular weight is 283 g/mol. The topological polar surface area (TPSA) is 84.2 Å². The van der Waals surface area contributed by atoms with Gasteiger partial charge in [-0.1, -0.05) is 6.92 Å². The molecule has 1 rings (SSSR count). The fourth-order valence-corrected chi connectivity index (χ4v) is 2.31. The summed E-state index contributed by atoms with van der Waals surface area (Å²) in [5, 5.41) is 7.83. The van der Waals surface area contributed by atoms with Crippen molar-refractivity contribution in [3.05, 3.63) is 21.9 Å². The van der Waals surface area contributed by atoms with E-state index >= 15 is 0 Å². The molecule has 0 radical (unpaired) electrons. The molecular weight excluding hydrogens is 262 g/mol. The first kappa shape index (κ1) is 15.7. The molecule has 1 heterocycles. The van der Waals surface area contributed by atoms with E-state index in [2.05, 4.69) is 10.6 Å². The van der Waals surface area contributed by atoms with Crippen LogP contribution in [-0.4, -0.2) is 24.4 Å². The van der Waals surface area contributed by atoms with Crippen LogP contribution in [0.4, 0.5) is 0 Å². The lowest BCUT2D eigenvalue weighted by Crippen LogP contribution is -2.33. The smallest absolute Gasteiger partial charge is 0.249 e. The van der Waals surface area contributed by atoms with Gasteiger partial charge in [-0.2, -0.15) is 0 Å². The van der Waals surface area contributed by atoms with Crippen LogP contribution in [0.1, 0.15) is 41.9 Å². The molecule has 0 aliphatic carbocycles. The maximum absolute atomic E-state index is 11.5. The lowest BCUT2D eigenvalue weighted by molar-refractivity contribution is -0.121. The van der Waals surface area contributed by atoms with E-state index in [4.69, 9.17) is 5.73 Å². The SMILES string of the molecule is CCC(C)NC(=O)CCNCc1cc(C(N)=O)cs1.